The van der Waals surface area contributed by atoms with E-state index in [1.54, 1.807) is 0 Å². The highest BCUT2D eigenvalue weighted by molar-refractivity contribution is 7.71. The summed E-state index contributed by atoms with van der Waals surface area (Å²) in [4.78, 5) is 37.7. The molecule has 5 aromatic rings. The standard InChI is InChI=1S/C28H28N8O4S/c37-26(31-14-30-19-6-5-17-3-1-2-4-18(17)9-19)23-11-22-24(12-29-23)33-16-36(27(22)38)15-32-20-7-8-21(10-20)39-13-25-34-28(41)40-35-25/h1-6,9,11-12,16,20-21,30,32H,7-8,10,13-15H2,(H,31,37)(H,34,35,41)/p+1. The molecule has 2 atom stereocenters. The highest BCUT2D eigenvalue weighted by Gasteiger charge is 2.26. The minimum absolute atomic E-state index is 0.0899. The number of hydrogen-bond acceptors (Lipinski definition) is 9. The molecule has 12 nitrogen and oxygen atoms in total. The number of aromatic nitrogens is 5. The first-order valence-electron chi connectivity index (χ1n) is 13.3. The molecule has 210 valence electrons. The number of nitrogens with one attached hydrogen (secondary N) is 5. The van der Waals surface area contributed by atoms with E-state index >= 15 is 0 Å². The number of ether oxygens (including phenoxy) is 1. The summed E-state index contributed by atoms with van der Waals surface area (Å²) in [6, 6.07) is 15.8. The number of hydrogen-bond donors (Lipinski definition) is 4. The molecule has 1 aliphatic rings. The first-order chi connectivity index (χ1) is 20.0. The predicted molar refractivity (Wildman–Crippen MR) is 154 cm³/mol. The average Bonchev–Trinajstić information content (AvgIpc) is 3.63. The van der Waals surface area contributed by atoms with E-state index in [-0.39, 0.29) is 40.8 Å². The molecular weight excluding hydrogens is 544 g/mol. The lowest BCUT2D eigenvalue weighted by atomic mass is 10.1. The first kappa shape index (κ1) is 26.7. The van der Waals surface area contributed by atoms with E-state index in [2.05, 4.69) is 36.1 Å². The van der Waals surface area contributed by atoms with Gasteiger partial charge in [-0.25, -0.2) is 14.5 Å². The number of anilines is 1. The Hall–Kier alpha value is -4.46. The first-order valence-corrected chi connectivity index (χ1v) is 13.7. The lowest BCUT2D eigenvalue weighted by Crippen LogP contribution is -2.34. The second kappa shape index (κ2) is 12.0. The van der Waals surface area contributed by atoms with Crippen LogP contribution in [-0.2, 0) is 18.0 Å². The van der Waals surface area contributed by atoms with Crippen molar-refractivity contribution < 1.29 is 19.0 Å². The SMILES string of the molecule is O=C(NCNc1ccc2ccccc2c1)c1cc2c(=O)n(CNC3CCC(OCc4[nH]oc(=S)[nH+]4)C3)cnc2cn1. The van der Waals surface area contributed by atoms with Gasteiger partial charge in [0.2, 0.25) is 0 Å². The number of benzene rings is 2. The van der Waals surface area contributed by atoms with Crippen molar-refractivity contribution in [1.29, 1.82) is 0 Å². The number of nitrogens with zero attached hydrogens (tertiary/aromatic N) is 3. The molecule has 13 heteroatoms. The second-order valence-corrected chi connectivity index (χ2v) is 10.3. The number of carbonyl (C=O) groups excluding carboxylic acids is 1. The Morgan fingerprint density at radius 1 is 1.17 bits per heavy atom. The lowest BCUT2D eigenvalue weighted by Gasteiger charge is -2.15. The zero-order valence-electron chi connectivity index (χ0n) is 22.1. The fraction of sp³-hybridized carbons (Fsp3) is 0.286. The van der Waals surface area contributed by atoms with Crippen molar-refractivity contribution in [2.45, 2.75) is 44.7 Å². The molecule has 1 fully saturated rings. The molecule has 0 aliphatic heterocycles. The molecule has 1 saturated carbocycles. The summed E-state index contributed by atoms with van der Waals surface area (Å²) in [7, 11) is 0. The maximum atomic E-state index is 13.2. The van der Waals surface area contributed by atoms with Gasteiger partial charge in [0.1, 0.15) is 5.69 Å². The predicted octanol–water partition coefficient (Wildman–Crippen LogP) is 2.89. The zero-order chi connectivity index (χ0) is 28.2. The van der Waals surface area contributed by atoms with Gasteiger partial charge in [0.25, 0.3) is 11.5 Å². The van der Waals surface area contributed by atoms with Gasteiger partial charge in [0.05, 0.1) is 42.9 Å². The average molecular weight is 574 g/mol. The Kier molecular flexibility index (Phi) is 7.80. The number of amides is 1. The molecule has 1 amide bonds. The van der Waals surface area contributed by atoms with Crippen LogP contribution in [-0.4, -0.2) is 44.4 Å². The summed E-state index contributed by atoms with van der Waals surface area (Å²) in [5.41, 5.74) is 1.22. The number of aromatic amines is 2. The third kappa shape index (κ3) is 6.32. The quantitative estimate of drug-likeness (QED) is 0.146. The van der Waals surface area contributed by atoms with Crippen molar-refractivity contribution in [2.75, 3.05) is 12.0 Å². The largest absolute Gasteiger partial charge is 0.400 e. The highest BCUT2D eigenvalue weighted by atomic mass is 32.1. The number of pyridine rings is 1. The van der Waals surface area contributed by atoms with Gasteiger partial charge < -0.3 is 15.4 Å². The summed E-state index contributed by atoms with van der Waals surface area (Å²) in [6.45, 7) is 0.855. The lowest BCUT2D eigenvalue weighted by molar-refractivity contribution is -0.410. The van der Waals surface area contributed by atoms with Crippen LogP contribution in [0.4, 0.5) is 5.69 Å². The molecule has 0 saturated heterocycles. The molecule has 5 N–H and O–H groups in total. The van der Waals surface area contributed by atoms with Gasteiger partial charge in [-0.2, -0.15) is 4.98 Å². The van der Waals surface area contributed by atoms with Gasteiger partial charge in [-0.3, -0.25) is 19.5 Å². The van der Waals surface area contributed by atoms with Crippen molar-refractivity contribution >= 4 is 45.5 Å². The topological polar surface area (TPSA) is 153 Å². The molecule has 0 spiro atoms. The number of fused-ring (bicyclic) bond motifs is 2. The van der Waals surface area contributed by atoms with Crippen LogP contribution in [0.15, 0.2) is 70.4 Å². The fourth-order valence-electron chi connectivity index (χ4n) is 4.97. The van der Waals surface area contributed by atoms with Gasteiger partial charge in [0.15, 0.2) is 6.61 Å². The Bertz CT molecular complexity index is 1820. The van der Waals surface area contributed by atoms with Crippen molar-refractivity contribution in [3.05, 3.63) is 87.8 Å². The van der Waals surface area contributed by atoms with Gasteiger partial charge in [-0.15, -0.1) is 0 Å². The van der Waals surface area contributed by atoms with E-state index in [0.29, 0.717) is 30.0 Å². The van der Waals surface area contributed by atoms with Crippen LogP contribution in [0.5, 0.6) is 0 Å². The molecule has 0 radical (unpaired) electrons. The summed E-state index contributed by atoms with van der Waals surface area (Å²) in [5.74, 6) is 0.295. The number of carbonyl (C=O) groups is 1. The monoisotopic (exact) mass is 573 g/mol. The Balaban J connectivity index is 1.03. The van der Waals surface area contributed by atoms with Crippen LogP contribution < -0.4 is 26.5 Å². The van der Waals surface area contributed by atoms with Crippen LogP contribution in [0.1, 0.15) is 35.6 Å². The Morgan fingerprint density at radius 3 is 2.90 bits per heavy atom. The molecule has 2 aromatic carbocycles. The molecular formula is C28H29N8O4S+. The van der Waals surface area contributed by atoms with Crippen molar-refractivity contribution in [2.24, 2.45) is 0 Å². The third-order valence-electron chi connectivity index (χ3n) is 7.15. The number of H-pyrrole nitrogens is 2. The zero-order valence-corrected chi connectivity index (χ0v) is 22.9. The van der Waals surface area contributed by atoms with E-state index in [0.717, 1.165) is 35.7 Å². The van der Waals surface area contributed by atoms with Gasteiger partial charge >= 0.3 is 10.7 Å². The molecule has 41 heavy (non-hydrogen) atoms. The van der Waals surface area contributed by atoms with Crippen molar-refractivity contribution in [1.82, 2.24) is 30.3 Å². The van der Waals surface area contributed by atoms with Gasteiger partial charge in [-0.05, 0) is 48.2 Å². The van der Waals surface area contributed by atoms with E-state index in [4.69, 9.17) is 21.5 Å². The van der Waals surface area contributed by atoms with Crippen molar-refractivity contribution in [3.63, 3.8) is 0 Å². The molecule has 1 aliphatic carbocycles. The summed E-state index contributed by atoms with van der Waals surface area (Å²) < 4.78 is 12.4. The van der Waals surface area contributed by atoms with Crippen molar-refractivity contribution in [3.8, 4) is 0 Å². The summed E-state index contributed by atoms with van der Waals surface area (Å²) >= 11 is 4.91. The Morgan fingerprint density at radius 2 is 2.05 bits per heavy atom. The highest BCUT2D eigenvalue weighted by Crippen LogP contribution is 2.23. The maximum absolute atomic E-state index is 13.2. The van der Waals surface area contributed by atoms with Crippen LogP contribution >= 0.6 is 12.2 Å². The minimum Gasteiger partial charge on any atom is -0.368 e. The normalized spacial score (nSPS) is 16.8. The Labute approximate surface area is 239 Å². The summed E-state index contributed by atoms with van der Waals surface area (Å²) in [5, 5.41) is 14.7. The van der Waals surface area contributed by atoms with Crippen LogP contribution in [0.2, 0.25) is 0 Å². The van der Waals surface area contributed by atoms with Crippen LogP contribution in [0.3, 0.4) is 0 Å². The van der Waals surface area contributed by atoms with Gasteiger partial charge in [-0.1, -0.05) is 35.5 Å². The van der Waals surface area contributed by atoms with E-state index in [1.165, 1.54) is 23.2 Å². The number of rotatable bonds is 10. The fourth-order valence-corrected chi connectivity index (χ4v) is 5.13. The minimum atomic E-state index is -0.389. The van der Waals surface area contributed by atoms with E-state index in [9.17, 15) is 9.59 Å². The maximum Gasteiger partial charge on any atom is 0.400 e. The molecule has 0 bridgehead atoms. The van der Waals surface area contributed by atoms with E-state index in [1.807, 2.05) is 42.5 Å². The third-order valence-corrected chi connectivity index (χ3v) is 7.34. The molecule has 3 aromatic heterocycles. The summed E-state index contributed by atoms with van der Waals surface area (Å²) in [6.07, 6.45) is 5.67. The van der Waals surface area contributed by atoms with Crippen LogP contribution in [0, 0.1) is 4.84 Å². The molecule has 2 unspecified atom stereocenters. The smallest absolute Gasteiger partial charge is 0.368 e. The van der Waals surface area contributed by atoms with Crippen LogP contribution in [0.25, 0.3) is 21.7 Å². The molecule has 3 heterocycles. The van der Waals surface area contributed by atoms with Gasteiger partial charge in [0, 0.05) is 23.9 Å². The second-order valence-electron chi connectivity index (χ2n) is 9.93. The molecule has 6 rings (SSSR count). The van der Waals surface area contributed by atoms with E-state index < -0.39 is 0 Å².